The molecule has 1 aliphatic heterocycles. The van der Waals surface area contributed by atoms with Crippen molar-refractivity contribution in [3.8, 4) is 0 Å². The minimum Gasteiger partial charge on any atom is -0.330 e. The van der Waals surface area contributed by atoms with Gasteiger partial charge in [-0.3, -0.25) is 4.79 Å². The molecule has 0 radical (unpaired) electrons. The summed E-state index contributed by atoms with van der Waals surface area (Å²) in [6.45, 7) is 8.76. The zero-order chi connectivity index (χ0) is 11.1. The molecule has 0 saturated carbocycles. The van der Waals surface area contributed by atoms with Crippen LogP contribution in [0, 0.1) is 5.41 Å². The fourth-order valence-corrected chi connectivity index (χ4v) is 3.28. The maximum absolute atomic E-state index is 11.6. The average molecular weight is 221 g/mol. The average Bonchev–Trinajstić information content (AvgIpc) is 2.66. The number of hydrogen-bond donors (Lipinski definition) is 0. The van der Waals surface area contributed by atoms with E-state index in [0.717, 1.165) is 6.54 Å². The number of amides is 1. The zero-order valence-corrected chi connectivity index (χ0v) is 9.88. The van der Waals surface area contributed by atoms with Crippen LogP contribution in [0.15, 0.2) is 30.2 Å². The molecule has 0 N–H and O–H groups in total. The molecule has 1 aliphatic rings. The second-order valence-electron chi connectivity index (χ2n) is 4.58. The third kappa shape index (κ3) is 1.61. The molecule has 2 nitrogen and oxygen atoms in total. The first-order valence-electron chi connectivity index (χ1n) is 5.03. The minimum atomic E-state index is 0.0349. The normalized spacial score (nSPS) is 23.3. The summed E-state index contributed by atoms with van der Waals surface area (Å²) < 4.78 is 0. The summed E-state index contributed by atoms with van der Waals surface area (Å²) in [6.07, 6.45) is 1.40. The highest BCUT2D eigenvalue weighted by Crippen LogP contribution is 2.49. The highest BCUT2D eigenvalue weighted by Gasteiger charge is 2.48. The number of thiophene rings is 1. The highest BCUT2D eigenvalue weighted by molar-refractivity contribution is 7.10. The summed E-state index contributed by atoms with van der Waals surface area (Å²) in [5.41, 5.74) is 0.184. The van der Waals surface area contributed by atoms with Crippen molar-refractivity contribution in [2.45, 2.75) is 19.9 Å². The van der Waals surface area contributed by atoms with Crippen LogP contribution in [0.2, 0.25) is 0 Å². The van der Waals surface area contributed by atoms with Gasteiger partial charge in [-0.2, -0.15) is 0 Å². The quantitative estimate of drug-likeness (QED) is 0.703. The van der Waals surface area contributed by atoms with Crippen molar-refractivity contribution in [2.75, 3.05) is 6.54 Å². The molecular formula is C12H15NOS. The molecule has 15 heavy (non-hydrogen) atoms. The molecule has 80 valence electrons. The zero-order valence-electron chi connectivity index (χ0n) is 9.06. The number of hydrogen-bond acceptors (Lipinski definition) is 2. The van der Waals surface area contributed by atoms with E-state index in [1.54, 1.807) is 11.3 Å². The van der Waals surface area contributed by atoms with E-state index >= 15 is 0 Å². The standard InChI is InChI=1S/C12H15NOS/c1-4-10(14)13-8-12(2,3)11(13)9-6-5-7-15-9/h4-7,11H,1,8H2,2-3H3. The third-order valence-electron chi connectivity index (χ3n) is 2.90. The molecule has 0 spiro atoms. The molecule has 1 fully saturated rings. The first-order valence-corrected chi connectivity index (χ1v) is 5.90. The van der Waals surface area contributed by atoms with Gasteiger partial charge in [-0.1, -0.05) is 26.5 Å². The lowest BCUT2D eigenvalue weighted by atomic mass is 9.74. The molecule has 1 aromatic rings. The molecule has 2 heterocycles. The van der Waals surface area contributed by atoms with E-state index in [1.807, 2.05) is 11.0 Å². The van der Waals surface area contributed by atoms with Gasteiger partial charge in [0.15, 0.2) is 0 Å². The first kappa shape index (κ1) is 10.4. The molecule has 0 bridgehead atoms. The summed E-state index contributed by atoms with van der Waals surface area (Å²) in [4.78, 5) is 14.8. The second kappa shape index (κ2) is 3.49. The van der Waals surface area contributed by atoms with E-state index in [4.69, 9.17) is 0 Å². The van der Waals surface area contributed by atoms with Crippen molar-refractivity contribution in [3.63, 3.8) is 0 Å². The fraction of sp³-hybridized carbons (Fsp3) is 0.417. The summed E-state index contributed by atoms with van der Waals surface area (Å²) in [5, 5.41) is 2.06. The second-order valence-corrected chi connectivity index (χ2v) is 5.56. The summed E-state index contributed by atoms with van der Waals surface area (Å²) >= 11 is 1.71. The van der Waals surface area contributed by atoms with E-state index in [0.29, 0.717) is 0 Å². The van der Waals surface area contributed by atoms with E-state index in [1.165, 1.54) is 11.0 Å². The van der Waals surface area contributed by atoms with Crippen LogP contribution in [0.5, 0.6) is 0 Å². The molecule has 2 rings (SSSR count). The van der Waals surface area contributed by atoms with Gasteiger partial charge >= 0.3 is 0 Å². The van der Waals surface area contributed by atoms with Gasteiger partial charge in [-0.25, -0.2) is 0 Å². The molecule has 1 atom stereocenters. The Hall–Kier alpha value is -1.09. The first-order chi connectivity index (χ1) is 7.06. The van der Waals surface area contributed by atoms with E-state index in [-0.39, 0.29) is 17.4 Å². The van der Waals surface area contributed by atoms with Gasteiger partial charge in [0.1, 0.15) is 0 Å². The van der Waals surface area contributed by atoms with Crippen molar-refractivity contribution in [3.05, 3.63) is 35.0 Å². The summed E-state index contributed by atoms with van der Waals surface area (Å²) in [5.74, 6) is 0.0349. The van der Waals surface area contributed by atoms with Crippen molar-refractivity contribution >= 4 is 17.2 Å². The van der Waals surface area contributed by atoms with Crippen LogP contribution >= 0.6 is 11.3 Å². The highest BCUT2D eigenvalue weighted by atomic mass is 32.1. The molecule has 1 saturated heterocycles. The Labute approximate surface area is 94.2 Å². The van der Waals surface area contributed by atoms with Gasteiger partial charge in [0.2, 0.25) is 5.91 Å². The van der Waals surface area contributed by atoms with E-state index < -0.39 is 0 Å². The fourth-order valence-electron chi connectivity index (χ4n) is 2.23. The number of carbonyl (C=O) groups is 1. The number of rotatable bonds is 2. The van der Waals surface area contributed by atoms with Crippen LogP contribution in [0.1, 0.15) is 24.8 Å². The smallest absolute Gasteiger partial charge is 0.246 e. The molecule has 3 heteroatoms. The van der Waals surface area contributed by atoms with Crippen LogP contribution < -0.4 is 0 Å². The topological polar surface area (TPSA) is 20.3 Å². The third-order valence-corrected chi connectivity index (χ3v) is 3.82. The van der Waals surface area contributed by atoms with Gasteiger partial charge in [-0.15, -0.1) is 11.3 Å². The lowest BCUT2D eigenvalue weighted by molar-refractivity contribution is -0.146. The maximum Gasteiger partial charge on any atom is 0.246 e. The Morgan fingerprint density at radius 1 is 1.73 bits per heavy atom. The van der Waals surface area contributed by atoms with Crippen molar-refractivity contribution in [1.82, 2.24) is 4.90 Å². The minimum absolute atomic E-state index is 0.0349. The summed E-state index contributed by atoms with van der Waals surface area (Å²) in [6, 6.07) is 4.35. The predicted octanol–water partition coefficient (Wildman–Crippen LogP) is 2.84. The van der Waals surface area contributed by atoms with Crippen molar-refractivity contribution in [1.29, 1.82) is 0 Å². The van der Waals surface area contributed by atoms with Gasteiger partial charge in [0, 0.05) is 16.8 Å². The lowest BCUT2D eigenvalue weighted by Crippen LogP contribution is -2.57. The van der Waals surface area contributed by atoms with Crippen LogP contribution in [0.4, 0.5) is 0 Å². The van der Waals surface area contributed by atoms with Crippen molar-refractivity contribution < 1.29 is 4.79 Å². The Kier molecular flexibility index (Phi) is 2.43. The van der Waals surface area contributed by atoms with Crippen LogP contribution in [0.3, 0.4) is 0 Å². The largest absolute Gasteiger partial charge is 0.330 e. The summed E-state index contributed by atoms with van der Waals surface area (Å²) in [7, 11) is 0. The van der Waals surface area contributed by atoms with Gasteiger partial charge in [0.25, 0.3) is 0 Å². The molecular weight excluding hydrogens is 206 g/mol. The Morgan fingerprint density at radius 2 is 2.47 bits per heavy atom. The Balaban J connectivity index is 2.26. The van der Waals surface area contributed by atoms with E-state index in [9.17, 15) is 4.79 Å². The molecule has 0 aliphatic carbocycles. The van der Waals surface area contributed by atoms with Crippen molar-refractivity contribution in [2.24, 2.45) is 5.41 Å². The Bertz CT molecular complexity index is 380. The van der Waals surface area contributed by atoms with E-state index in [2.05, 4.69) is 31.9 Å². The SMILES string of the molecule is C=CC(=O)N1CC(C)(C)C1c1cccs1. The number of likely N-dealkylation sites (tertiary alicyclic amines) is 1. The maximum atomic E-state index is 11.6. The van der Waals surface area contributed by atoms with Gasteiger partial charge < -0.3 is 4.90 Å². The number of nitrogens with zero attached hydrogens (tertiary/aromatic N) is 1. The van der Waals surface area contributed by atoms with Crippen LogP contribution in [0.25, 0.3) is 0 Å². The Morgan fingerprint density at radius 3 is 2.93 bits per heavy atom. The van der Waals surface area contributed by atoms with Gasteiger partial charge in [-0.05, 0) is 17.5 Å². The molecule has 1 aromatic heterocycles. The van der Waals surface area contributed by atoms with Crippen LogP contribution in [-0.4, -0.2) is 17.4 Å². The lowest BCUT2D eigenvalue weighted by Gasteiger charge is -2.53. The molecule has 1 unspecified atom stereocenters. The number of carbonyl (C=O) groups excluding carboxylic acids is 1. The van der Waals surface area contributed by atoms with Crippen LogP contribution in [-0.2, 0) is 4.79 Å². The van der Waals surface area contributed by atoms with Gasteiger partial charge in [0.05, 0.1) is 6.04 Å². The monoisotopic (exact) mass is 221 g/mol. The molecule has 1 amide bonds. The molecule has 0 aromatic carbocycles. The predicted molar refractivity (Wildman–Crippen MR) is 62.8 cm³/mol.